The lowest BCUT2D eigenvalue weighted by molar-refractivity contribution is -0.144. The fourth-order valence-corrected chi connectivity index (χ4v) is 4.54. The molecule has 0 spiro atoms. The molecule has 3 amide bonds. The molecule has 1 aromatic rings. The second-order valence-electron chi connectivity index (χ2n) is 11.3. The van der Waals surface area contributed by atoms with Gasteiger partial charge in [-0.25, -0.2) is 9.59 Å². The molecule has 2 rings (SSSR count). The first-order valence-electron chi connectivity index (χ1n) is 13.1. The number of hydrogen-bond donors (Lipinski definition) is 3. The average Bonchev–Trinajstić information content (AvgIpc) is 2.84. The molecule has 3 atom stereocenters. The van der Waals surface area contributed by atoms with Crippen LogP contribution in [-0.2, 0) is 24.5 Å². The molecule has 0 unspecified atom stereocenters. The zero-order valence-electron chi connectivity index (χ0n) is 23.2. The number of ether oxygens (including phenoxy) is 1. The number of likely N-dealkylation sites (tertiary alicyclic amines) is 1. The summed E-state index contributed by atoms with van der Waals surface area (Å²) in [5.41, 5.74) is -0.760. The number of nitrogens with zero attached hydrogens (tertiary/aromatic N) is 1. The molecule has 1 fully saturated rings. The number of carboxylic acids is 1. The zero-order valence-corrected chi connectivity index (χ0v) is 23.2. The second-order valence-corrected chi connectivity index (χ2v) is 11.3. The van der Waals surface area contributed by atoms with Gasteiger partial charge in [0.15, 0.2) is 0 Å². The lowest BCUT2D eigenvalue weighted by atomic mass is 9.71. The fraction of sp³-hybridized carbons (Fsp3) is 0.643. The predicted molar refractivity (Wildman–Crippen MR) is 141 cm³/mol. The molecule has 0 aromatic heterocycles. The van der Waals surface area contributed by atoms with Crippen molar-refractivity contribution in [3.63, 3.8) is 0 Å². The Morgan fingerprint density at radius 3 is 2.03 bits per heavy atom. The van der Waals surface area contributed by atoms with Crippen LogP contribution in [0.1, 0.15) is 73.3 Å². The summed E-state index contributed by atoms with van der Waals surface area (Å²) in [7, 11) is 0. The number of rotatable bonds is 9. The molecular weight excluding hydrogens is 474 g/mol. The van der Waals surface area contributed by atoms with Crippen LogP contribution in [0.15, 0.2) is 30.3 Å². The Morgan fingerprint density at radius 2 is 1.57 bits per heavy atom. The maximum Gasteiger partial charge on any atom is 0.410 e. The molecule has 0 saturated carbocycles. The van der Waals surface area contributed by atoms with Crippen molar-refractivity contribution in [1.29, 1.82) is 0 Å². The van der Waals surface area contributed by atoms with Crippen LogP contribution >= 0.6 is 0 Å². The number of piperidine rings is 1. The van der Waals surface area contributed by atoms with Crippen molar-refractivity contribution < 1.29 is 29.0 Å². The van der Waals surface area contributed by atoms with Crippen LogP contribution in [0.5, 0.6) is 0 Å². The van der Waals surface area contributed by atoms with Gasteiger partial charge in [-0.15, -0.1) is 0 Å². The predicted octanol–water partition coefficient (Wildman–Crippen LogP) is 3.71. The quantitative estimate of drug-likeness (QED) is 0.459. The van der Waals surface area contributed by atoms with E-state index in [0.29, 0.717) is 32.4 Å². The van der Waals surface area contributed by atoms with Crippen molar-refractivity contribution in [2.75, 3.05) is 13.1 Å². The van der Waals surface area contributed by atoms with E-state index in [9.17, 15) is 24.3 Å². The molecule has 1 heterocycles. The number of nitrogens with one attached hydrogen (secondary N) is 2. The first-order valence-corrected chi connectivity index (χ1v) is 13.1. The number of benzene rings is 1. The summed E-state index contributed by atoms with van der Waals surface area (Å²) in [6.45, 7) is 13.3. The summed E-state index contributed by atoms with van der Waals surface area (Å²) < 4.78 is 5.51. The highest BCUT2D eigenvalue weighted by atomic mass is 16.6. The minimum absolute atomic E-state index is 0.222. The zero-order chi connectivity index (χ0) is 28.0. The molecule has 9 nitrogen and oxygen atoms in total. The van der Waals surface area contributed by atoms with Crippen molar-refractivity contribution in [2.24, 2.45) is 11.8 Å². The van der Waals surface area contributed by atoms with Gasteiger partial charge < -0.3 is 25.4 Å². The summed E-state index contributed by atoms with van der Waals surface area (Å²) >= 11 is 0. The van der Waals surface area contributed by atoms with Gasteiger partial charge in [-0.3, -0.25) is 9.59 Å². The molecule has 1 saturated heterocycles. The number of carbonyl (C=O) groups excluding carboxylic acids is 3. The van der Waals surface area contributed by atoms with Gasteiger partial charge in [0.05, 0.1) is 5.41 Å². The minimum atomic E-state index is -1.12. The van der Waals surface area contributed by atoms with Crippen LogP contribution in [0.25, 0.3) is 0 Å². The van der Waals surface area contributed by atoms with Crippen LogP contribution in [0, 0.1) is 11.8 Å². The Morgan fingerprint density at radius 1 is 1.00 bits per heavy atom. The molecular formula is C28H43N3O6. The van der Waals surface area contributed by atoms with Crippen molar-refractivity contribution >= 4 is 23.9 Å². The summed E-state index contributed by atoms with van der Waals surface area (Å²) in [4.78, 5) is 53.1. The van der Waals surface area contributed by atoms with E-state index in [1.807, 2.05) is 65.0 Å². The average molecular weight is 518 g/mol. The lowest BCUT2D eigenvalue weighted by Crippen LogP contribution is -2.60. The SMILES string of the molecule is CC[C@H](C)[C@H](NC(=O)C1(c2ccccc2)CCN(C(=O)OC(C)(C)C)CC1)C(=O)N[C@@H](C(=O)O)C(C)C. The van der Waals surface area contributed by atoms with Gasteiger partial charge in [0.2, 0.25) is 11.8 Å². The third-order valence-electron chi connectivity index (χ3n) is 7.04. The summed E-state index contributed by atoms with van der Waals surface area (Å²) in [6, 6.07) is 7.42. The monoisotopic (exact) mass is 517 g/mol. The number of hydrogen-bond acceptors (Lipinski definition) is 5. The minimum Gasteiger partial charge on any atom is -0.480 e. The first kappa shape index (κ1) is 30.1. The summed E-state index contributed by atoms with van der Waals surface area (Å²) in [5, 5.41) is 15.1. The molecule has 1 aliphatic rings. The molecule has 9 heteroatoms. The van der Waals surface area contributed by atoms with Crippen molar-refractivity contribution in [2.45, 2.75) is 90.8 Å². The van der Waals surface area contributed by atoms with Gasteiger partial charge in [-0.1, -0.05) is 64.4 Å². The maximum absolute atomic E-state index is 14.0. The third kappa shape index (κ3) is 7.69. The molecule has 0 bridgehead atoms. The van der Waals surface area contributed by atoms with Crippen LogP contribution in [0.4, 0.5) is 4.79 Å². The lowest BCUT2D eigenvalue weighted by Gasteiger charge is -2.42. The van der Waals surface area contributed by atoms with Crippen LogP contribution < -0.4 is 10.6 Å². The molecule has 1 aromatic carbocycles. The Balaban J connectivity index is 2.31. The van der Waals surface area contributed by atoms with E-state index < -0.39 is 41.1 Å². The Hall–Kier alpha value is -3.10. The maximum atomic E-state index is 14.0. The first-order chi connectivity index (χ1) is 17.2. The molecule has 0 radical (unpaired) electrons. The summed E-state index contributed by atoms with van der Waals surface area (Å²) in [5.74, 6) is -2.48. The van der Waals surface area contributed by atoms with Gasteiger partial charge in [-0.2, -0.15) is 0 Å². The molecule has 3 N–H and O–H groups in total. The van der Waals surface area contributed by atoms with Crippen molar-refractivity contribution in [3.8, 4) is 0 Å². The number of carboxylic acid groups (broad SMARTS) is 1. The topological polar surface area (TPSA) is 125 Å². The molecule has 206 valence electrons. The molecule has 1 aliphatic heterocycles. The molecule has 37 heavy (non-hydrogen) atoms. The van der Waals surface area contributed by atoms with E-state index in [2.05, 4.69) is 10.6 Å². The van der Waals surface area contributed by atoms with E-state index in [-0.39, 0.29) is 17.7 Å². The second kappa shape index (κ2) is 12.4. The van der Waals surface area contributed by atoms with Crippen LogP contribution in [0.2, 0.25) is 0 Å². The third-order valence-corrected chi connectivity index (χ3v) is 7.04. The molecule has 0 aliphatic carbocycles. The number of amides is 3. The number of carbonyl (C=O) groups is 4. The van der Waals surface area contributed by atoms with Gasteiger partial charge in [0, 0.05) is 13.1 Å². The smallest absolute Gasteiger partial charge is 0.410 e. The Kier molecular flexibility index (Phi) is 10.1. The van der Waals surface area contributed by atoms with Gasteiger partial charge in [-0.05, 0) is 51.0 Å². The van der Waals surface area contributed by atoms with Crippen molar-refractivity contribution in [1.82, 2.24) is 15.5 Å². The van der Waals surface area contributed by atoms with E-state index in [1.165, 1.54) is 0 Å². The Bertz CT molecular complexity index is 948. The standard InChI is InChI=1S/C28H43N3O6/c1-8-19(4)22(23(32)29-21(18(2)3)24(33)34)30-25(35)28(20-12-10-9-11-13-20)14-16-31(17-15-28)26(36)37-27(5,6)7/h9-13,18-19,21-22H,8,14-17H2,1-7H3,(H,29,32)(H,30,35)(H,33,34)/t19-,21+,22-/m0/s1. The highest BCUT2D eigenvalue weighted by Gasteiger charge is 2.46. The largest absolute Gasteiger partial charge is 0.480 e. The summed E-state index contributed by atoms with van der Waals surface area (Å²) in [6.07, 6.45) is 0.920. The van der Waals surface area contributed by atoms with E-state index in [4.69, 9.17) is 4.74 Å². The van der Waals surface area contributed by atoms with Crippen molar-refractivity contribution in [3.05, 3.63) is 35.9 Å². The highest BCUT2D eigenvalue weighted by Crippen LogP contribution is 2.37. The van der Waals surface area contributed by atoms with Gasteiger partial charge in [0.1, 0.15) is 17.7 Å². The van der Waals surface area contributed by atoms with Gasteiger partial charge in [0.25, 0.3) is 0 Å². The van der Waals surface area contributed by atoms with E-state index in [1.54, 1.807) is 18.7 Å². The van der Waals surface area contributed by atoms with E-state index >= 15 is 0 Å². The number of aliphatic carboxylic acids is 1. The Labute approximate surface area is 220 Å². The normalized spacial score (nSPS) is 17.9. The van der Waals surface area contributed by atoms with E-state index in [0.717, 1.165) is 5.56 Å². The van der Waals surface area contributed by atoms with Crippen LogP contribution in [-0.4, -0.2) is 64.7 Å². The fourth-order valence-electron chi connectivity index (χ4n) is 4.54. The van der Waals surface area contributed by atoms with Gasteiger partial charge >= 0.3 is 12.1 Å². The highest BCUT2D eigenvalue weighted by molar-refractivity contribution is 5.94. The van der Waals surface area contributed by atoms with Crippen LogP contribution in [0.3, 0.4) is 0 Å².